The molecular formula is C14H16N2O2S. The summed E-state index contributed by atoms with van der Waals surface area (Å²) < 4.78 is 10.7. The maximum atomic E-state index is 6.12. The monoisotopic (exact) mass is 276 g/mol. The molecule has 0 fully saturated rings. The van der Waals surface area contributed by atoms with Gasteiger partial charge in [-0.15, -0.1) is 11.3 Å². The van der Waals surface area contributed by atoms with Crippen LogP contribution in [0.5, 0.6) is 11.5 Å². The van der Waals surface area contributed by atoms with Gasteiger partial charge >= 0.3 is 0 Å². The molecule has 0 spiro atoms. The molecule has 2 N–H and O–H groups in total. The number of hydrogen-bond donors (Lipinski definition) is 1. The van der Waals surface area contributed by atoms with Crippen molar-refractivity contribution in [2.45, 2.75) is 19.9 Å². The molecule has 1 aliphatic heterocycles. The van der Waals surface area contributed by atoms with Gasteiger partial charge in [0.05, 0.1) is 11.7 Å². The minimum Gasteiger partial charge on any atom is -0.454 e. The zero-order chi connectivity index (χ0) is 13.4. The summed E-state index contributed by atoms with van der Waals surface area (Å²) in [7, 11) is 0. The van der Waals surface area contributed by atoms with E-state index in [4.69, 9.17) is 15.2 Å². The molecule has 0 bridgehead atoms. The van der Waals surface area contributed by atoms with Crippen molar-refractivity contribution in [2.75, 3.05) is 6.79 Å². The highest BCUT2D eigenvalue weighted by molar-refractivity contribution is 7.10. The summed E-state index contributed by atoms with van der Waals surface area (Å²) >= 11 is 1.61. The molecule has 4 nitrogen and oxygen atoms in total. The van der Waals surface area contributed by atoms with Gasteiger partial charge in [-0.2, -0.15) is 0 Å². The fraction of sp³-hybridized carbons (Fsp3) is 0.357. The summed E-state index contributed by atoms with van der Waals surface area (Å²) in [6.45, 7) is 4.50. The van der Waals surface area contributed by atoms with E-state index in [-0.39, 0.29) is 6.04 Å². The van der Waals surface area contributed by atoms with Gasteiger partial charge in [0, 0.05) is 10.9 Å². The second-order valence-corrected chi connectivity index (χ2v) is 5.80. The molecule has 3 rings (SSSR count). The average molecular weight is 276 g/mol. The van der Waals surface area contributed by atoms with E-state index in [0.717, 1.165) is 27.8 Å². The van der Waals surface area contributed by atoms with Crippen LogP contribution in [0.25, 0.3) is 11.3 Å². The molecule has 100 valence electrons. The highest BCUT2D eigenvalue weighted by Crippen LogP contribution is 2.36. The van der Waals surface area contributed by atoms with Crippen molar-refractivity contribution in [3.63, 3.8) is 0 Å². The first-order valence-electron chi connectivity index (χ1n) is 6.26. The number of nitrogens with zero attached hydrogens (tertiary/aromatic N) is 1. The van der Waals surface area contributed by atoms with Gasteiger partial charge in [-0.05, 0) is 24.1 Å². The first-order chi connectivity index (χ1) is 9.15. The maximum Gasteiger partial charge on any atom is 0.231 e. The molecule has 2 heterocycles. The van der Waals surface area contributed by atoms with Crippen molar-refractivity contribution >= 4 is 11.3 Å². The Morgan fingerprint density at radius 3 is 2.84 bits per heavy atom. The lowest BCUT2D eigenvalue weighted by molar-refractivity contribution is 0.174. The number of benzene rings is 1. The fourth-order valence-corrected chi connectivity index (χ4v) is 2.92. The number of rotatable bonds is 3. The highest BCUT2D eigenvalue weighted by Gasteiger charge is 2.17. The van der Waals surface area contributed by atoms with Crippen LogP contribution in [0.2, 0.25) is 0 Å². The fourth-order valence-electron chi connectivity index (χ4n) is 1.91. The van der Waals surface area contributed by atoms with Crippen LogP contribution in [0.1, 0.15) is 24.9 Å². The van der Waals surface area contributed by atoms with Crippen LogP contribution >= 0.6 is 11.3 Å². The van der Waals surface area contributed by atoms with Crippen molar-refractivity contribution in [1.82, 2.24) is 4.98 Å². The predicted molar refractivity (Wildman–Crippen MR) is 75.4 cm³/mol. The van der Waals surface area contributed by atoms with Crippen molar-refractivity contribution in [3.8, 4) is 22.8 Å². The number of hydrogen-bond acceptors (Lipinski definition) is 5. The lowest BCUT2D eigenvalue weighted by atomic mass is 10.1. The largest absolute Gasteiger partial charge is 0.454 e. The molecule has 5 heteroatoms. The minimum atomic E-state index is -0.00670. The third-order valence-corrected chi connectivity index (χ3v) is 4.14. The van der Waals surface area contributed by atoms with Gasteiger partial charge in [-0.25, -0.2) is 4.98 Å². The predicted octanol–water partition coefficient (Wildman–Crippen LogP) is 3.19. The van der Waals surface area contributed by atoms with E-state index in [0.29, 0.717) is 12.7 Å². The van der Waals surface area contributed by atoms with Gasteiger partial charge in [0.2, 0.25) is 6.79 Å². The van der Waals surface area contributed by atoms with Gasteiger partial charge in [-0.3, -0.25) is 0 Å². The second-order valence-electron chi connectivity index (χ2n) is 4.91. The summed E-state index contributed by atoms with van der Waals surface area (Å²) in [5, 5.41) is 3.01. The van der Waals surface area contributed by atoms with E-state index >= 15 is 0 Å². The Labute approximate surface area is 116 Å². The van der Waals surface area contributed by atoms with Crippen LogP contribution in [-0.2, 0) is 0 Å². The molecule has 1 aliphatic rings. The topological polar surface area (TPSA) is 57.4 Å². The SMILES string of the molecule is CC(C)C(N)c1nc(-c2ccc3c(c2)OCO3)cs1. The molecule has 0 radical (unpaired) electrons. The summed E-state index contributed by atoms with van der Waals surface area (Å²) in [5.41, 5.74) is 8.09. The number of aromatic nitrogens is 1. The van der Waals surface area contributed by atoms with Crippen LogP contribution in [0.3, 0.4) is 0 Å². The smallest absolute Gasteiger partial charge is 0.231 e. The number of thiazole rings is 1. The standard InChI is InChI=1S/C14H16N2O2S/c1-8(2)13(15)14-16-10(6-19-14)9-3-4-11-12(5-9)18-7-17-11/h3-6,8,13H,7,15H2,1-2H3. The van der Waals surface area contributed by atoms with Crippen LogP contribution < -0.4 is 15.2 Å². The molecule has 1 unspecified atom stereocenters. The third kappa shape index (κ3) is 2.31. The third-order valence-electron chi connectivity index (χ3n) is 3.19. The van der Waals surface area contributed by atoms with E-state index < -0.39 is 0 Å². The summed E-state index contributed by atoms with van der Waals surface area (Å²) in [6.07, 6.45) is 0. The lowest BCUT2D eigenvalue weighted by Gasteiger charge is -2.11. The zero-order valence-electron chi connectivity index (χ0n) is 10.9. The molecule has 2 aromatic rings. The molecule has 0 saturated heterocycles. The lowest BCUT2D eigenvalue weighted by Crippen LogP contribution is -2.16. The molecule has 0 amide bonds. The molecule has 19 heavy (non-hydrogen) atoms. The van der Waals surface area contributed by atoms with E-state index in [2.05, 4.69) is 18.8 Å². The van der Waals surface area contributed by atoms with Crippen LogP contribution in [-0.4, -0.2) is 11.8 Å². The quantitative estimate of drug-likeness (QED) is 0.935. The summed E-state index contributed by atoms with van der Waals surface area (Å²) in [5.74, 6) is 1.95. The van der Waals surface area contributed by atoms with Gasteiger partial charge in [0.25, 0.3) is 0 Å². The number of fused-ring (bicyclic) bond motifs is 1. The minimum absolute atomic E-state index is 0.00670. The Morgan fingerprint density at radius 1 is 1.26 bits per heavy atom. The first kappa shape index (κ1) is 12.4. The normalized spacial score (nSPS) is 14.9. The van der Waals surface area contributed by atoms with Gasteiger partial charge in [-0.1, -0.05) is 13.8 Å². The van der Waals surface area contributed by atoms with E-state index in [1.165, 1.54) is 0 Å². The molecule has 1 atom stereocenters. The molecule has 0 saturated carbocycles. The van der Waals surface area contributed by atoms with Crippen LogP contribution in [0.15, 0.2) is 23.6 Å². The second kappa shape index (κ2) is 4.83. The Balaban J connectivity index is 1.90. The van der Waals surface area contributed by atoms with Crippen LogP contribution in [0, 0.1) is 5.92 Å². The van der Waals surface area contributed by atoms with E-state index in [1.54, 1.807) is 11.3 Å². The summed E-state index contributed by atoms with van der Waals surface area (Å²) in [4.78, 5) is 4.62. The van der Waals surface area contributed by atoms with Crippen molar-refractivity contribution in [1.29, 1.82) is 0 Å². The maximum absolute atomic E-state index is 6.12. The Hall–Kier alpha value is -1.59. The average Bonchev–Trinajstić information content (AvgIpc) is 3.05. The Kier molecular flexibility index (Phi) is 3.16. The molecular weight excluding hydrogens is 260 g/mol. The number of nitrogens with two attached hydrogens (primary N) is 1. The first-order valence-corrected chi connectivity index (χ1v) is 7.14. The van der Waals surface area contributed by atoms with Crippen molar-refractivity contribution < 1.29 is 9.47 Å². The zero-order valence-corrected chi connectivity index (χ0v) is 11.7. The molecule has 0 aliphatic carbocycles. The van der Waals surface area contributed by atoms with Gasteiger partial charge in [0.1, 0.15) is 5.01 Å². The number of ether oxygens (including phenoxy) is 2. The van der Waals surface area contributed by atoms with Gasteiger partial charge < -0.3 is 15.2 Å². The summed E-state index contributed by atoms with van der Waals surface area (Å²) in [6, 6.07) is 5.86. The molecule has 1 aromatic heterocycles. The van der Waals surface area contributed by atoms with Gasteiger partial charge in [0.15, 0.2) is 11.5 Å². The Morgan fingerprint density at radius 2 is 2.05 bits per heavy atom. The van der Waals surface area contributed by atoms with Crippen LogP contribution in [0.4, 0.5) is 0 Å². The molecule has 1 aromatic carbocycles. The van der Waals surface area contributed by atoms with E-state index in [9.17, 15) is 0 Å². The van der Waals surface area contributed by atoms with E-state index in [1.807, 2.05) is 23.6 Å². The Bertz CT molecular complexity index is 595. The van der Waals surface area contributed by atoms with Crippen molar-refractivity contribution in [2.24, 2.45) is 11.7 Å². The highest BCUT2D eigenvalue weighted by atomic mass is 32.1. The van der Waals surface area contributed by atoms with Crippen molar-refractivity contribution in [3.05, 3.63) is 28.6 Å².